The van der Waals surface area contributed by atoms with Crippen LogP contribution in [0, 0.1) is 5.82 Å². The van der Waals surface area contributed by atoms with Crippen LogP contribution in [-0.4, -0.2) is 35.8 Å². The van der Waals surface area contributed by atoms with E-state index in [-0.39, 0.29) is 17.7 Å². The van der Waals surface area contributed by atoms with Gasteiger partial charge in [0.15, 0.2) is 11.6 Å². The average molecular weight is 344 g/mol. The number of carbonyl (C=O) groups excluding carboxylic acids is 1. The minimum atomic E-state index is -0.445. The lowest BCUT2D eigenvalue weighted by atomic mass is 9.99. The molecule has 0 N–H and O–H groups in total. The Hall–Kier alpha value is -1.10. The minimum Gasteiger partial charge on any atom is -0.494 e. The standard InChI is InChI=1S/C15H19BrFNO2/c1-20-14-10-11(5-6-13(14)17)15(19)18-9-3-2-4-12(18)7-8-16/h5-6,10,12H,2-4,7-9H2,1H3. The van der Waals surface area contributed by atoms with Gasteiger partial charge in [-0.2, -0.15) is 0 Å². The summed E-state index contributed by atoms with van der Waals surface area (Å²) < 4.78 is 18.4. The molecule has 1 atom stereocenters. The molecule has 0 bridgehead atoms. The molecular formula is C15H19BrFNO2. The highest BCUT2D eigenvalue weighted by molar-refractivity contribution is 9.09. The molecule has 20 heavy (non-hydrogen) atoms. The highest BCUT2D eigenvalue weighted by atomic mass is 79.9. The summed E-state index contributed by atoms with van der Waals surface area (Å²) >= 11 is 3.44. The Bertz CT molecular complexity index is 479. The van der Waals surface area contributed by atoms with Crippen LogP contribution in [0.25, 0.3) is 0 Å². The number of amides is 1. The van der Waals surface area contributed by atoms with Crippen LogP contribution in [0.4, 0.5) is 4.39 Å². The Morgan fingerprint density at radius 2 is 2.30 bits per heavy atom. The number of methoxy groups -OCH3 is 1. The first-order chi connectivity index (χ1) is 9.67. The number of rotatable bonds is 4. The van der Waals surface area contributed by atoms with Crippen molar-refractivity contribution in [3.63, 3.8) is 0 Å². The van der Waals surface area contributed by atoms with Gasteiger partial charge in [0.05, 0.1) is 7.11 Å². The SMILES string of the molecule is COc1cc(C(=O)N2CCCCC2CCBr)ccc1F. The Kier molecular flexibility index (Phi) is 5.40. The van der Waals surface area contributed by atoms with E-state index < -0.39 is 5.82 Å². The largest absolute Gasteiger partial charge is 0.494 e. The van der Waals surface area contributed by atoms with E-state index in [2.05, 4.69) is 15.9 Å². The lowest BCUT2D eigenvalue weighted by Crippen LogP contribution is -2.43. The van der Waals surface area contributed by atoms with Crippen molar-refractivity contribution in [2.45, 2.75) is 31.7 Å². The zero-order chi connectivity index (χ0) is 14.5. The zero-order valence-corrected chi connectivity index (χ0v) is 13.2. The number of halogens is 2. The summed E-state index contributed by atoms with van der Waals surface area (Å²) in [5, 5.41) is 0.883. The van der Waals surface area contributed by atoms with Crippen molar-refractivity contribution in [1.29, 1.82) is 0 Å². The second kappa shape index (κ2) is 7.07. The van der Waals surface area contributed by atoms with E-state index >= 15 is 0 Å². The number of piperidine rings is 1. The molecule has 1 unspecified atom stereocenters. The van der Waals surface area contributed by atoms with Crippen molar-refractivity contribution in [2.24, 2.45) is 0 Å². The molecule has 1 aliphatic rings. The highest BCUT2D eigenvalue weighted by Crippen LogP contribution is 2.25. The molecular weight excluding hydrogens is 325 g/mol. The van der Waals surface area contributed by atoms with Gasteiger partial charge in [0.1, 0.15) is 0 Å². The average Bonchev–Trinajstić information content (AvgIpc) is 2.48. The van der Waals surface area contributed by atoms with Crippen molar-refractivity contribution in [1.82, 2.24) is 4.90 Å². The maximum Gasteiger partial charge on any atom is 0.254 e. The van der Waals surface area contributed by atoms with E-state index in [9.17, 15) is 9.18 Å². The molecule has 110 valence electrons. The normalized spacial score (nSPS) is 18.9. The quantitative estimate of drug-likeness (QED) is 0.781. The van der Waals surface area contributed by atoms with Gasteiger partial charge in [-0.15, -0.1) is 0 Å². The highest BCUT2D eigenvalue weighted by Gasteiger charge is 2.27. The molecule has 0 saturated carbocycles. The molecule has 2 rings (SSSR count). The summed E-state index contributed by atoms with van der Waals surface area (Å²) in [5.41, 5.74) is 0.490. The number of alkyl halides is 1. The fourth-order valence-corrected chi connectivity index (χ4v) is 3.18. The van der Waals surface area contributed by atoms with E-state index in [0.29, 0.717) is 5.56 Å². The summed E-state index contributed by atoms with van der Waals surface area (Å²) in [7, 11) is 1.40. The smallest absolute Gasteiger partial charge is 0.254 e. The Morgan fingerprint density at radius 3 is 3.00 bits per heavy atom. The number of carbonyl (C=O) groups is 1. The minimum absolute atomic E-state index is 0.0334. The molecule has 0 aliphatic carbocycles. The predicted molar refractivity (Wildman–Crippen MR) is 80.0 cm³/mol. The van der Waals surface area contributed by atoms with Crippen LogP contribution < -0.4 is 4.74 Å². The molecule has 1 aromatic carbocycles. The molecule has 0 radical (unpaired) electrons. The molecule has 1 aliphatic heterocycles. The van der Waals surface area contributed by atoms with Crippen molar-refractivity contribution < 1.29 is 13.9 Å². The van der Waals surface area contributed by atoms with Crippen molar-refractivity contribution >= 4 is 21.8 Å². The summed E-state index contributed by atoms with van der Waals surface area (Å²) in [5.74, 6) is -0.362. The van der Waals surface area contributed by atoms with Gasteiger partial charge in [-0.05, 0) is 43.9 Å². The maximum atomic E-state index is 13.4. The molecule has 1 heterocycles. The van der Waals surface area contributed by atoms with E-state index in [1.165, 1.54) is 25.3 Å². The van der Waals surface area contributed by atoms with Gasteiger partial charge in [-0.3, -0.25) is 4.79 Å². The Labute approximate surface area is 127 Å². The van der Waals surface area contributed by atoms with Crippen molar-refractivity contribution in [2.75, 3.05) is 19.0 Å². The zero-order valence-electron chi connectivity index (χ0n) is 11.6. The monoisotopic (exact) mass is 343 g/mol. The van der Waals surface area contributed by atoms with E-state index in [1.54, 1.807) is 0 Å². The van der Waals surface area contributed by atoms with E-state index in [4.69, 9.17) is 4.74 Å². The Morgan fingerprint density at radius 1 is 1.50 bits per heavy atom. The first-order valence-electron chi connectivity index (χ1n) is 6.88. The number of benzene rings is 1. The van der Waals surface area contributed by atoms with Gasteiger partial charge >= 0.3 is 0 Å². The summed E-state index contributed by atoms with van der Waals surface area (Å²) in [4.78, 5) is 14.5. The third-order valence-electron chi connectivity index (χ3n) is 3.73. The third-order valence-corrected chi connectivity index (χ3v) is 4.19. The summed E-state index contributed by atoms with van der Waals surface area (Å²) in [6.07, 6.45) is 4.18. The van der Waals surface area contributed by atoms with Crippen LogP contribution >= 0.6 is 15.9 Å². The van der Waals surface area contributed by atoms with Gasteiger partial charge in [0, 0.05) is 23.5 Å². The van der Waals surface area contributed by atoms with Crippen molar-refractivity contribution in [3.05, 3.63) is 29.6 Å². The molecule has 0 spiro atoms. The van der Waals surface area contributed by atoms with Crippen LogP contribution in [0.2, 0.25) is 0 Å². The second-order valence-corrected chi connectivity index (χ2v) is 5.77. The summed E-state index contributed by atoms with van der Waals surface area (Å²) in [6.45, 7) is 0.774. The van der Waals surface area contributed by atoms with E-state index in [1.807, 2.05) is 4.90 Å². The molecule has 1 amide bonds. The lowest BCUT2D eigenvalue weighted by molar-refractivity contribution is 0.0609. The van der Waals surface area contributed by atoms with Crippen LogP contribution in [0.3, 0.4) is 0 Å². The van der Waals surface area contributed by atoms with Crippen LogP contribution in [0.15, 0.2) is 18.2 Å². The molecule has 5 heteroatoms. The maximum absolute atomic E-state index is 13.4. The lowest BCUT2D eigenvalue weighted by Gasteiger charge is -2.35. The topological polar surface area (TPSA) is 29.5 Å². The molecule has 1 fully saturated rings. The first kappa shape index (κ1) is 15.3. The molecule has 3 nitrogen and oxygen atoms in total. The van der Waals surface area contributed by atoms with Crippen LogP contribution in [0.1, 0.15) is 36.0 Å². The summed E-state index contributed by atoms with van der Waals surface area (Å²) in [6, 6.07) is 4.57. The van der Waals surface area contributed by atoms with Gasteiger partial charge in [-0.25, -0.2) is 4.39 Å². The third kappa shape index (κ3) is 3.32. The van der Waals surface area contributed by atoms with Gasteiger partial charge in [-0.1, -0.05) is 15.9 Å². The van der Waals surface area contributed by atoms with E-state index in [0.717, 1.165) is 37.6 Å². The van der Waals surface area contributed by atoms with Crippen LogP contribution in [-0.2, 0) is 0 Å². The van der Waals surface area contributed by atoms with Crippen LogP contribution in [0.5, 0.6) is 5.75 Å². The number of hydrogen-bond acceptors (Lipinski definition) is 2. The van der Waals surface area contributed by atoms with Gasteiger partial charge in [0.2, 0.25) is 0 Å². The van der Waals surface area contributed by atoms with Gasteiger partial charge < -0.3 is 9.64 Å². The number of likely N-dealkylation sites (tertiary alicyclic amines) is 1. The van der Waals surface area contributed by atoms with Gasteiger partial charge in [0.25, 0.3) is 5.91 Å². The fourth-order valence-electron chi connectivity index (χ4n) is 2.65. The molecule has 1 aromatic rings. The Balaban J connectivity index is 2.20. The number of hydrogen-bond donors (Lipinski definition) is 0. The fraction of sp³-hybridized carbons (Fsp3) is 0.533. The van der Waals surface area contributed by atoms with Crippen molar-refractivity contribution in [3.8, 4) is 5.75 Å². The number of nitrogens with zero attached hydrogens (tertiary/aromatic N) is 1. The predicted octanol–water partition coefficient (Wildman–Crippen LogP) is 3.61. The first-order valence-corrected chi connectivity index (χ1v) is 8.00. The molecule has 0 aromatic heterocycles. The number of ether oxygens (including phenoxy) is 1. The second-order valence-electron chi connectivity index (χ2n) is 4.98. The molecule has 1 saturated heterocycles.